The molecule has 4 aliphatic heterocycles. The van der Waals surface area contributed by atoms with E-state index in [1.807, 2.05) is 24.3 Å². The highest BCUT2D eigenvalue weighted by Gasteiger charge is 2.45. The van der Waals surface area contributed by atoms with Gasteiger partial charge in [-0.2, -0.15) is 0 Å². The summed E-state index contributed by atoms with van der Waals surface area (Å²) < 4.78 is 12.9. The van der Waals surface area contributed by atoms with E-state index in [2.05, 4.69) is 68.1 Å². The molecule has 0 saturated carbocycles. The minimum absolute atomic E-state index is 0.0414. The van der Waals surface area contributed by atoms with E-state index in [4.69, 9.17) is 17.3 Å². The predicted octanol–water partition coefficient (Wildman–Crippen LogP) is 8.54. The molecule has 0 atom stereocenters. The topological polar surface area (TPSA) is 93.4 Å². The first kappa shape index (κ1) is 43.0. The molecule has 59 heavy (non-hydrogen) atoms. The highest BCUT2D eigenvalue weighted by Crippen LogP contribution is 2.37. The van der Waals surface area contributed by atoms with Crippen molar-refractivity contribution in [1.82, 2.24) is 14.7 Å². The number of likely N-dealkylation sites (tertiary alicyclic amines) is 3. The summed E-state index contributed by atoms with van der Waals surface area (Å²) in [6.45, 7) is 8.47. The van der Waals surface area contributed by atoms with Gasteiger partial charge in [0.25, 0.3) is 0 Å². The van der Waals surface area contributed by atoms with Crippen LogP contribution in [0.5, 0.6) is 0 Å². The number of nitrogens with two attached hydrogens (primary N) is 1. The molecule has 0 unspecified atom stereocenters. The van der Waals surface area contributed by atoms with Gasteiger partial charge in [0.2, 0.25) is 5.91 Å². The first-order valence-electron chi connectivity index (χ1n) is 21.8. The van der Waals surface area contributed by atoms with Crippen molar-refractivity contribution in [2.24, 2.45) is 5.73 Å². The Balaban J connectivity index is 0.000000185. The number of aliphatic hydroxyl groups is 1. The summed E-state index contributed by atoms with van der Waals surface area (Å²) in [4.78, 5) is 34.4. The number of hydrogen-bond donors (Lipinski definition) is 2. The van der Waals surface area contributed by atoms with Crippen molar-refractivity contribution in [3.8, 4) is 0 Å². The molecule has 4 aromatic rings. The van der Waals surface area contributed by atoms with E-state index in [0.29, 0.717) is 29.8 Å². The Morgan fingerprint density at radius 2 is 1.20 bits per heavy atom. The fourth-order valence-electron chi connectivity index (χ4n) is 9.69. The number of primary amides is 1. The maximum absolute atomic E-state index is 12.9. The van der Waals surface area contributed by atoms with Gasteiger partial charge in [0.05, 0.1) is 5.60 Å². The van der Waals surface area contributed by atoms with Crippen molar-refractivity contribution in [3.63, 3.8) is 0 Å². The molecule has 3 saturated heterocycles. The molecule has 0 aromatic heterocycles. The number of fused-ring (bicyclic) bond motifs is 2. The maximum Gasteiger partial charge on any atom is 0.238 e. The Hall–Kier alpha value is -4.12. The molecule has 4 aromatic carbocycles. The van der Waals surface area contributed by atoms with Crippen LogP contribution in [-0.2, 0) is 23.2 Å². The summed E-state index contributed by atoms with van der Waals surface area (Å²) in [5.74, 6) is -0.399. The second kappa shape index (κ2) is 20.0. The quantitative estimate of drug-likeness (QED) is 0.139. The van der Waals surface area contributed by atoms with Crippen LogP contribution in [0.2, 0.25) is 5.02 Å². The average Bonchev–Trinajstić information content (AvgIpc) is 3.42. The third-order valence-electron chi connectivity index (χ3n) is 13.3. The van der Waals surface area contributed by atoms with Crippen LogP contribution in [0, 0.1) is 5.82 Å². The van der Waals surface area contributed by atoms with E-state index < -0.39 is 11.1 Å². The molecule has 3 fully saturated rings. The third kappa shape index (κ3) is 10.6. The summed E-state index contributed by atoms with van der Waals surface area (Å²) in [7, 11) is 0. The lowest BCUT2D eigenvalue weighted by Crippen LogP contribution is -2.63. The molecule has 1 amide bonds. The van der Waals surface area contributed by atoms with Crippen LogP contribution in [0.25, 0.3) is 0 Å². The molecule has 0 bridgehead atoms. The highest BCUT2D eigenvalue weighted by atomic mass is 35.5. The van der Waals surface area contributed by atoms with Crippen LogP contribution in [0.1, 0.15) is 91.3 Å². The van der Waals surface area contributed by atoms with Crippen LogP contribution >= 0.6 is 11.6 Å². The number of amides is 1. The lowest BCUT2D eigenvalue weighted by Gasteiger charge is -2.48. The first-order chi connectivity index (χ1) is 28.6. The van der Waals surface area contributed by atoms with Gasteiger partial charge >= 0.3 is 0 Å². The minimum atomic E-state index is -0.801. The van der Waals surface area contributed by atoms with Crippen LogP contribution in [0.4, 0.5) is 15.8 Å². The SMILES string of the molecule is NC(=O)C1(N2CCCCC2)CCN(CCCN2c3ccccc3CCc3ccccc32)CC1.O=C(CCCN1CCC(O)(c2ccc(Cl)cc2)CC1)c1ccc(F)cc1. The summed E-state index contributed by atoms with van der Waals surface area (Å²) in [6.07, 6.45) is 11.3. The van der Waals surface area contributed by atoms with Crippen LogP contribution in [0.3, 0.4) is 0 Å². The average molecular weight is 823 g/mol. The molecule has 4 heterocycles. The van der Waals surface area contributed by atoms with E-state index in [1.54, 1.807) is 0 Å². The van der Waals surface area contributed by atoms with Gasteiger partial charge < -0.3 is 25.5 Å². The first-order valence-corrected chi connectivity index (χ1v) is 22.2. The number of piperidine rings is 3. The molecule has 0 aliphatic carbocycles. The number of aryl methyl sites for hydroxylation is 2. The zero-order chi connectivity index (χ0) is 41.2. The van der Waals surface area contributed by atoms with Gasteiger partial charge in [-0.3, -0.25) is 14.5 Å². The van der Waals surface area contributed by atoms with Crippen molar-refractivity contribution in [3.05, 3.63) is 130 Å². The molecule has 0 spiro atoms. The number of carbonyl (C=O) groups is 2. The Labute approximate surface area is 355 Å². The van der Waals surface area contributed by atoms with Gasteiger partial charge in [0, 0.05) is 61.1 Å². The molecular formula is C49H61ClFN5O3. The molecule has 0 radical (unpaired) electrons. The highest BCUT2D eigenvalue weighted by molar-refractivity contribution is 6.30. The normalized spacial score (nSPS) is 19.4. The van der Waals surface area contributed by atoms with Crippen molar-refractivity contribution in [1.29, 1.82) is 0 Å². The Morgan fingerprint density at radius 1 is 0.661 bits per heavy atom. The van der Waals surface area contributed by atoms with Gasteiger partial charge in [-0.05, 0) is 156 Å². The smallest absolute Gasteiger partial charge is 0.238 e. The molecule has 3 N–H and O–H groups in total. The number of nitrogens with zero attached hydrogens (tertiary/aromatic N) is 4. The Morgan fingerprint density at radius 3 is 1.78 bits per heavy atom. The van der Waals surface area contributed by atoms with Gasteiger partial charge in [-0.1, -0.05) is 66.6 Å². The van der Waals surface area contributed by atoms with Crippen molar-refractivity contribution in [2.75, 3.05) is 63.8 Å². The van der Waals surface area contributed by atoms with Gasteiger partial charge in [-0.25, -0.2) is 4.39 Å². The number of Topliss-reactive ketones (excluding diaryl/α,β-unsaturated/α-hetero) is 1. The summed E-state index contributed by atoms with van der Waals surface area (Å²) in [5, 5.41) is 11.5. The van der Waals surface area contributed by atoms with E-state index in [-0.39, 0.29) is 17.5 Å². The zero-order valence-corrected chi connectivity index (χ0v) is 35.2. The van der Waals surface area contributed by atoms with E-state index >= 15 is 0 Å². The Bertz CT molecular complexity index is 1940. The monoisotopic (exact) mass is 821 g/mol. The number of rotatable bonds is 12. The summed E-state index contributed by atoms with van der Waals surface area (Å²) in [5.41, 5.74) is 11.8. The number of ketones is 1. The van der Waals surface area contributed by atoms with Gasteiger partial charge in [0.15, 0.2) is 5.78 Å². The molecule has 314 valence electrons. The van der Waals surface area contributed by atoms with Crippen LogP contribution < -0.4 is 10.6 Å². The lowest BCUT2D eigenvalue weighted by molar-refractivity contribution is -0.135. The van der Waals surface area contributed by atoms with Crippen LogP contribution in [0.15, 0.2) is 97.1 Å². The van der Waals surface area contributed by atoms with Gasteiger partial charge in [-0.15, -0.1) is 0 Å². The fourth-order valence-corrected chi connectivity index (χ4v) is 9.82. The fraction of sp³-hybridized carbons (Fsp3) is 0.469. The number of para-hydroxylation sites is 2. The van der Waals surface area contributed by atoms with E-state index in [9.17, 15) is 19.1 Å². The molecular weight excluding hydrogens is 761 g/mol. The number of anilines is 2. The van der Waals surface area contributed by atoms with E-state index in [0.717, 1.165) is 103 Å². The number of benzene rings is 4. The number of halogens is 2. The zero-order valence-electron chi connectivity index (χ0n) is 34.5. The van der Waals surface area contributed by atoms with Crippen LogP contribution in [-0.4, -0.2) is 95.9 Å². The summed E-state index contributed by atoms with van der Waals surface area (Å²) >= 11 is 5.92. The standard InChI is InChI=1S/C28H38N4O.C21H23ClFNO2/c29-27(33)28(31-18-6-1-7-19-31)15-21-30(22-16-28)17-8-20-32-25-11-4-2-9-23(25)13-14-24-10-3-5-12-26(24)32;22-18-7-5-17(6-8-18)21(26)11-14-24(15-12-21)13-1-2-20(25)16-3-9-19(23)10-4-16/h2-5,9-12H,1,6-8,13-22H2,(H2,29,33);3-10,26H,1-2,11-15H2. The maximum atomic E-state index is 12.9. The number of carbonyl (C=O) groups excluding carboxylic acids is 2. The molecule has 10 heteroatoms. The van der Waals surface area contributed by atoms with Crippen molar-refractivity contribution >= 4 is 34.7 Å². The second-order valence-corrected chi connectivity index (χ2v) is 17.4. The molecule has 8 nitrogen and oxygen atoms in total. The number of hydrogen-bond acceptors (Lipinski definition) is 7. The molecule has 8 rings (SSSR count). The predicted molar refractivity (Wildman–Crippen MR) is 236 cm³/mol. The van der Waals surface area contributed by atoms with E-state index in [1.165, 1.54) is 66.0 Å². The van der Waals surface area contributed by atoms with Gasteiger partial charge in [0.1, 0.15) is 11.4 Å². The largest absolute Gasteiger partial charge is 0.385 e. The van der Waals surface area contributed by atoms with Crippen molar-refractivity contribution < 1.29 is 19.1 Å². The van der Waals surface area contributed by atoms with Crippen molar-refractivity contribution in [2.45, 2.75) is 88.2 Å². The lowest BCUT2D eigenvalue weighted by atomic mass is 9.83. The minimum Gasteiger partial charge on any atom is -0.385 e. The summed E-state index contributed by atoms with van der Waals surface area (Å²) in [6, 6.07) is 30.8. The second-order valence-electron chi connectivity index (χ2n) is 17.0. The molecule has 4 aliphatic rings. The Kier molecular flexibility index (Phi) is 14.5. The third-order valence-corrected chi connectivity index (χ3v) is 13.5.